The number of nitrogens with one attached hydrogen (secondary N) is 1. The lowest BCUT2D eigenvalue weighted by atomic mass is 10.2. The Kier molecular flexibility index (Phi) is 5.73. The molecule has 3 rings (SSSR count). The summed E-state index contributed by atoms with van der Waals surface area (Å²) in [5.41, 5.74) is 2.30. The van der Waals surface area contributed by atoms with E-state index in [1.54, 1.807) is 19.2 Å². The number of carbonyl (C=O) groups is 1. The third kappa shape index (κ3) is 4.60. The Hall–Kier alpha value is -1.89. The molecule has 7 heteroatoms. The van der Waals surface area contributed by atoms with E-state index >= 15 is 0 Å². The van der Waals surface area contributed by atoms with E-state index in [2.05, 4.69) is 26.2 Å². The minimum Gasteiger partial charge on any atom is -0.497 e. The maximum absolute atomic E-state index is 12.2. The lowest BCUT2D eigenvalue weighted by Crippen LogP contribution is -2.14. The SMILES string of the molecule is COc1ccc(-c2nc(CC(=O)Nc3ccc(Br)cc3Cl)cs2)cc1. The van der Waals surface area contributed by atoms with Gasteiger partial charge in [-0.2, -0.15) is 0 Å². The van der Waals surface area contributed by atoms with Crippen LogP contribution in [0, 0.1) is 0 Å². The van der Waals surface area contributed by atoms with Gasteiger partial charge < -0.3 is 10.1 Å². The topological polar surface area (TPSA) is 51.2 Å². The van der Waals surface area contributed by atoms with Crippen LogP contribution in [0.2, 0.25) is 5.02 Å². The smallest absolute Gasteiger partial charge is 0.230 e. The molecule has 0 aliphatic heterocycles. The third-order valence-electron chi connectivity index (χ3n) is 3.44. The Morgan fingerprint density at radius 3 is 2.72 bits per heavy atom. The molecule has 0 atom stereocenters. The van der Waals surface area contributed by atoms with Gasteiger partial charge in [-0.3, -0.25) is 4.79 Å². The van der Waals surface area contributed by atoms with Crippen LogP contribution in [-0.4, -0.2) is 18.0 Å². The fraction of sp³-hybridized carbons (Fsp3) is 0.111. The van der Waals surface area contributed by atoms with Gasteiger partial charge in [-0.25, -0.2) is 4.98 Å². The molecule has 25 heavy (non-hydrogen) atoms. The summed E-state index contributed by atoms with van der Waals surface area (Å²) in [5.74, 6) is 0.641. The summed E-state index contributed by atoms with van der Waals surface area (Å²) in [6.45, 7) is 0. The molecule has 128 valence electrons. The van der Waals surface area contributed by atoms with Crippen molar-refractivity contribution in [1.82, 2.24) is 4.98 Å². The summed E-state index contributed by atoms with van der Waals surface area (Å²) < 4.78 is 6.01. The maximum atomic E-state index is 12.2. The Labute approximate surface area is 162 Å². The van der Waals surface area contributed by atoms with E-state index in [0.717, 1.165) is 26.5 Å². The number of hydrogen-bond donors (Lipinski definition) is 1. The van der Waals surface area contributed by atoms with Gasteiger partial charge in [0.15, 0.2) is 0 Å². The number of rotatable bonds is 5. The average molecular weight is 438 g/mol. The van der Waals surface area contributed by atoms with Gasteiger partial charge in [-0.1, -0.05) is 27.5 Å². The van der Waals surface area contributed by atoms with Crippen molar-refractivity contribution < 1.29 is 9.53 Å². The number of thiazole rings is 1. The van der Waals surface area contributed by atoms with E-state index in [1.165, 1.54) is 11.3 Å². The first-order valence-electron chi connectivity index (χ1n) is 7.39. The van der Waals surface area contributed by atoms with Crippen LogP contribution in [0.15, 0.2) is 52.3 Å². The van der Waals surface area contributed by atoms with E-state index in [-0.39, 0.29) is 12.3 Å². The molecule has 0 spiro atoms. The number of benzene rings is 2. The lowest BCUT2D eigenvalue weighted by Gasteiger charge is -2.06. The fourth-order valence-electron chi connectivity index (χ4n) is 2.20. The highest BCUT2D eigenvalue weighted by molar-refractivity contribution is 9.10. The minimum absolute atomic E-state index is 0.157. The van der Waals surface area contributed by atoms with E-state index in [4.69, 9.17) is 16.3 Å². The van der Waals surface area contributed by atoms with Crippen LogP contribution in [0.1, 0.15) is 5.69 Å². The van der Waals surface area contributed by atoms with Crippen LogP contribution < -0.4 is 10.1 Å². The van der Waals surface area contributed by atoms with Crippen LogP contribution in [-0.2, 0) is 11.2 Å². The van der Waals surface area contributed by atoms with Gasteiger partial charge in [-0.05, 0) is 42.5 Å². The predicted molar refractivity (Wildman–Crippen MR) is 106 cm³/mol. The monoisotopic (exact) mass is 436 g/mol. The van der Waals surface area contributed by atoms with Gasteiger partial charge in [0.05, 0.1) is 29.9 Å². The van der Waals surface area contributed by atoms with Crippen LogP contribution in [0.3, 0.4) is 0 Å². The highest BCUT2D eigenvalue weighted by Crippen LogP contribution is 2.27. The number of amides is 1. The zero-order chi connectivity index (χ0) is 17.8. The molecular formula is C18H14BrClN2O2S. The first kappa shape index (κ1) is 17.9. The largest absolute Gasteiger partial charge is 0.497 e. The van der Waals surface area contributed by atoms with Gasteiger partial charge in [0.2, 0.25) is 5.91 Å². The molecule has 0 aliphatic carbocycles. The minimum atomic E-state index is -0.157. The third-order valence-corrected chi connectivity index (χ3v) is 5.18. The molecule has 0 fully saturated rings. The molecule has 0 unspecified atom stereocenters. The lowest BCUT2D eigenvalue weighted by molar-refractivity contribution is -0.115. The van der Waals surface area contributed by atoms with Crippen molar-refractivity contribution in [1.29, 1.82) is 0 Å². The van der Waals surface area contributed by atoms with Crippen molar-refractivity contribution in [3.63, 3.8) is 0 Å². The first-order chi connectivity index (χ1) is 12.0. The summed E-state index contributed by atoms with van der Waals surface area (Å²) in [7, 11) is 1.63. The fourth-order valence-corrected chi connectivity index (χ4v) is 3.75. The molecule has 0 radical (unpaired) electrons. The van der Waals surface area contributed by atoms with E-state index in [1.807, 2.05) is 35.7 Å². The first-order valence-corrected chi connectivity index (χ1v) is 9.44. The second-order valence-electron chi connectivity index (χ2n) is 5.22. The van der Waals surface area contributed by atoms with Gasteiger partial charge >= 0.3 is 0 Å². The van der Waals surface area contributed by atoms with E-state index in [9.17, 15) is 4.79 Å². The summed E-state index contributed by atoms with van der Waals surface area (Å²) >= 11 is 11.0. The van der Waals surface area contributed by atoms with Gasteiger partial charge in [0, 0.05) is 15.4 Å². The second-order valence-corrected chi connectivity index (χ2v) is 7.40. The van der Waals surface area contributed by atoms with Gasteiger partial charge in [0.25, 0.3) is 0 Å². The second kappa shape index (κ2) is 7.99. The zero-order valence-corrected chi connectivity index (χ0v) is 16.4. The van der Waals surface area contributed by atoms with E-state index in [0.29, 0.717) is 10.7 Å². The molecule has 0 saturated heterocycles. The molecule has 1 aromatic heterocycles. The summed E-state index contributed by atoms with van der Waals surface area (Å²) in [5, 5.41) is 6.05. The molecule has 0 aliphatic rings. The predicted octanol–water partition coefficient (Wildman–Crippen LogP) is 5.42. The number of nitrogens with zero attached hydrogens (tertiary/aromatic N) is 1. The standard InChI is InChI=1S/C18H14BrClN2O2S/c1-24-14-5-2-11(3-6-14)18-21-13(10-25-18)9-17(23)22-16-7-4-12(19)8-15(16)20/h2-8,10H,9H2,1H3,(H,22,23). The Morgan fingerprint density at radius 2 is 2.04 bits per heavy atom. The van der Waals surface area contributed by atoms with Crippen LogP contribution in [0.4, 0.5) is 5.69 Å². The summed E-state index contributed by atoms with van der Waals surface area (Å²) in [4.78, 5) is 16.7. The molecule has 3 aromatic rings. The molecule has 1 heterocycles. The number of ether oxygens (including phenoxy) is 1. The molecule has 4 nitrogen and oxygen atoms in total. The number of aromatic nitrogens is 1. The Bertz CT molecular complexity index is 896. The number of carbonyl (C=O) groups excluding carboxylic acids is 1. The Morgan fingerprint density at radius 1 is 1.28 bits per heavy atom. The van der Waals surface area contributed by atoms with Crippen molar-refractivity contribution >= 4 is 50.5 Å². The van der Waals surface area contributed by atoms with Crippen LogP contribution in [0.5, 0.6) is 5.75 Å². The number of halogens is 2. The van der Waals surface area contributed by atoms with Crippen molar-refractivity contribution in [2.45, 2.75) is 6.42 Å². The number of methoxy groups -OCH3 is 1. The highest BCUT2D eigenvalue weighted by Gasteiger charge is 2.11. The van der Waals surface area contributed by atoms with Crippen molar-refractivity contribution in [2.24, 2.45) is 0 Å². The summed E-state index contributed by atoms with van der Waals surface area (Å²) in [6.07, 6.45) is 0.193. The molecular weight excluding hydrogens is 424 g/mol. The highest BCUT2D eigenvalue weighted by atomic mass is 79.9. The molecule has 2 aromatic carbocycles. The van der Waals surface area contributed by atoms with Crippen molar-refractivity contribution in [2.75, 3.05) is 12.4 Å². The zero-order valence-electron chi connectivity index (χ0n) is 13.3. The van der Waals surface area contributed by atoms with E-state index < -0.39 is 0 Å². The van der Waals surface area contributed by atoms with Crippen LogP contribution in [0.25, 0.3) is 10.6 Å². The van der Waals surface area contributed by atoms with Crippen molar-refractivity contribution in [3.05, 3.63) is 63.0 Å². The molecule has 0 saturated carbocycles. The Balaban J connectivity index is 1.67. The summed E-state index contributed by atoms with van der Waals surface area (Å²) in [6, 6.07) is 13.0. The quantitative estimate of drug-likeness (QED) is 0.580. The number of hydrogen-bond acceptors (Lipinski definition) is 4. The average Bonchev–Trinajstić information content (AvgIpc) is 3.06. The normalized spacial score (nSPS) is 10.5. The van der Waals surface area contributed by atoms with Gasteiger partial charge in [0.1, 0.15) is 10.8 Å². The molecule has 0 bridgehead atoms. The maximum Gasteiger partial charge on any atom is 0.230 e. The van der Waals surface area contributed by atoms with Crippen molar-refractivity contribution in [3.8, 4) is 16.3 Å². The van der Waals surface area contributed by atoms with Crippen LogP contribution >= 0.6 is 38.9 Å². The molecule has 1 amide bonds. The number of anilines is 1. The van der Waals surface area contributed by atoms with Gasteiger partial charge in [-0.15, -0.1) is 11.3 Å². The molecule has 1 N–H and O–H groups in total.